The molecule has 2 aromatic carbocycles. The topological polar surface area (TPSA) is 33.5 Å². The highest BCUT2D eigenvalue weighted by Crippen LogP contribution is 2.29. The lowest BCUT2D eigenvalue weighted by molar-refractivity contribution is -0.929. The minimum atomic E-state index is -0.154. The molecule has 5 heteroatoms. The van der Waals surface area contributed by atoms with E-state index in [1.807, 2.05) is 6.92 Å². The van der Waals surface area contributed by atoms with Crippen LogP contribution in [0.5, 0.6) is 0 Å². The first kappa shape index (κ1) is 16.3. The van der Waals surface area contributed by atoms with E-state index in [0.717, 1.165) is 19.5 Å². The van der Waals surface area contributed by atoms with Crippen molar-refractivity contribution in [2.45, 2.75) is 25.9 Å². The monoisotopic (exact) mass is 349 g/mol. The predicted molar refractivity (Wildman–Crippen MR) is 94.2 cm³/mol. The predicted octanol–water partition coefficient (Wildman–Crippen LogP) is 2.96. The zero-order valence-corrected chi connectivity index (χ0v) is 14.4. The Kier molecular flexibility index (Phi) is 4.90. The molecule has 2 aromatic rings. The molecule has 0 aliphatic carbocycles. The van der Waals surface area contributed by atoms with Crippen molar-refractivity contribution in [2.75, 3.05) is 11.9 Å². The van der Waals surface area contributed by atoms with E-state index in [1.165, 1.54) is 16.0 Å². The Morgan fingerprint density at radius 3 is 2.65 bits per heavy atom. The highest BCUT2D eigenvalue weighted by molar-refractivity contribution is 6.44. The lowest BCUT2D eigenvalue weighted by Crippen LogP contribution is -3.16. The first-order valence-corrected chi connectivity index (χ1v) is 8.48. The van der Waals surface area contributed by atoms with Crippen molar-refractivity contribution in [3.8, 4) is 0 Å². The van der Waals surface area contributed by atoms with Crippen LogP contribution >= 0.6 is 23.2 Å². The van der Waals surface area contributed by atoms with Crippen LogP contribution in [0.4, 0.5) is 5.69 Å². The molecule has 0 saturated carbocycles. The van der Waals surface area contributed by atoms with Crippen molar-refractivity contribution in [3.05, 3.63) is 63.6 Å². The molecule has 2 atom stereocenters. The number of hydrogen-bond acceptors (Lipinski definition) is 1. The van der Waals surface area contributed by atoms with E-state index in [0.29, 0.717) is 15.7 Å². The van der Waals surface area contributed by atoms with Crippen molar-refractivity contribution in [2.24, 2.45) is 0 Å². The Labute approximate surface area is 146 Å². The number of halogens is 2. The van der Waals surface area contributed by atoms with Crippen molar-refractivity contribution in [1.82, 2.24) is 0 Å². The summed E-state index contributed by atoms with van der Waals surface area (Å²) in [6, 6.07) is 13.5. The van der Waals surface area contributed by atoms with E-state index in [-0.39, 0.29) is 11.9 Å². The summed E-state index contributed by atoms with van der Waals surface area (Å²) in [6.07, 6.45) is 1.00. The molecule has 0 fully saturated rings. The standard InChI is InChI=1S/C18H18Cl2N2O/c1-12(18(23)21-16-8-4-7-15(19)17(16)20)22-10-9-13-5-2-3-6-14(13)11-22/h2-8,12H,9-11H2,1H3,(H,21,23)/p+1/t12-/m0/s1. The largest absolute Gasteiger partial charge is 0.321 e. The van der Waals surface area contributed by atoms with Crippen molar-refractivity contribution in [3.63, 3.8) is 0 Å². The van der Waals surface area contributed by atoms with E-state index in [1.54, 1.807) is 18.2 Å². The van der Waals surface area contributed by atoms with Crippen molar-refractivity contribution in [1.29, 1.82) is 0 Å². The number of rotatable bonds is 3. The molecule has 3 nitrogen and oxygen atoms in total. The molecule has 1 aliphatic rings. The van der Waals surface area contributed by atoms with Crippen LogP contribution in [-0.2, 0) is 17.8 Å². The third-order valence-corrected chi connectivity index (χ3v) is 5.29. The zero-order chi connectivity index (χ0) is 16.4. The Morgan fingerprint density at radius 1 is 1.13 bits per heavy atom. The van der Waals surface area contributed by atoms with E-state index in [9.17, 15) is 4.79 Å². The fraction of sp³-hybridized carbons (Fsp3) is 0.278. The highest BCUT2D eigenvalue weighted by atomic mass is 35.5. The first-order valence-electron chi connectivity index (χ1n) is 7.72. The van der Waals surface area contributed by atoms with Crippen LogP contribution < -0.4 is 10.2 Å². The summed E-state index contributed by atoms with van der Waals surface area (Å²) in [5, 5.41) is 3.72. The molecule has 0 aromatic heterocycles. The van der Waals surface area contributed by atoms with Crippen LogP contribution in [0.25, 0.3) is 0 Å². The number of nitrogens with one attached hydrogen (secondary N) is 2. The van der Waals surface area contributed by atoms with Gasteiger partial charge < -0.3 is 10.2 Å². The van der Waals surface area contributed by atoms with E-state index in [4.69, 9.17) is 23.2 Å². The number of benzene rings is 2. The lowest BCUT2D eigenvalue weighted by Gasteiger charge is -2.30. The maximum Gasteiger partial charge on any atom is 0.282 e. The second-order valence-electron chi connectivity index (χ2n) is 5.92. The van der Waals surface area contributed by atoms with Crippen LogP contribution in [0.1, 0.15) is 18.1 Å². The third kappa shape index (κ3) is 3.52. The molecule has 2 N–H and O–H groups in total. The minimum Gasteiger partial charge on any atom is -0.321 e. The van der Waals surface area contributed by atoms with Crippen LogP contribution in [0.15, 0.2) is 42.5 Å². The van der Waals surface area contributed by atoms with Gasteiger partial charge in [0.25, 0.3) is 5.91 Å². The van der Waals surface area contributed by atoms with Gasteiger partial charge in [-0.25, -0.2) is 0 Å². The molecule has 120 valence electrons. The number of anilines is 1. The molecule has 1 unspecified atom stereocenters. The summed E-state index contributed by atoms with van der Waals surface area (Å²) in [5.41, 5.74) is 3.28. The minimum absolute atomic E-state index is 0.0384. The smallest absolute Gasteiger partial charge is 0.282 e. The number of fused-ring (bicyclic) bond motifs is 1. The van der Waals surface area contributed by atoms with Crippen LogP contribution in [-0.4, -0.2) is 18.5 Å². The normalized spacial score (nSPS) is 18.1. The van der Waals surface area contributed by atoms with Gasteiger partial charge in [0, 0.05) is 12.0 Å². The lowest BCUT2D eigenvalue weighted by atomic mass is 9.99. The molecular weight excluding hydrogens is 331 g/mol. The first-order chi connectivity index (χ1) is 11.1. The van der Waals surface area contributed by atoms with Gasteiger partial charge in [-0.05, 0) is 24.6 Å². The molecule has 0 spiro atoms. The molecule has 1 aliphatic heterocycles. The van der Waals surface area contributed by atoms with Gasteiger partial charge in [-0.1, -0.05) is 53.5 Å². The fourth-order valence-corrected chi connectivity index (χ4v) is 3.35. The summed E-state index contributed by atoms with van der Waals surface area (Å²) in [5.74, 6) is -0.0384. The Bertz CT molecular complexity index is 733. The van der Waals surface area contributed by atoms with Gasteiger partial charge in [0.15, 0.2) is 6.04 Å². The van der Waals surface area contributed by atoms with E-state index >= 15 is 0 Å². The average Bonchev–Trinajstić information content (AvgIpc) is 2.57. The Balaban J connectivity index is 1.70. The average molecular weight is 350 g/mol. The summed E-state index contributed by atoms with van der Waals surface area (Å²) >= 11 is 12.1. The number of quaternary nitrogens is 1. The fourth-order valence-electron chi connectivity index (χ4n) is 3.00. The summed E-state index contributed by atoms with van der Waals surface area (Å²) in [7, 11) is 0. The Morgan fingerprint density at radius 2 is 1.87 bits per heavy atom. The van der Waals surface area contributed by atoms with Gasteiger partial charge in [0.05, 0.1) is 22.3 Å². The summed E-state index contributed by atoms with van der Waals surface area (Å²) < 4.78 is 0. The van der Waals surface area contributed by atoms with Crippen LogP contribution in [0.3, 0.4) is 0 Å². The van der Waals surface area contributed by atoms with Gasteiger partial charge in [-0.3, -0.25) is 4.79 Å². The molecule has 0 bridgehead atoms. The number of hydrogen-bond donors (Lipinski definition) is 2. The quantitative estimate of drug-likeness (QED) is 0.877. The molecular formula is C18H19Cl2N2O+. The molecule has 0 saturated heterocycles. The maximum absolute atomic E-state index is 12.6. The van der Waals surface area contributed by atoms with Gasteiger partial charge in [-0.15, -0.1) is 0 Å². The van der Waals surface area contributed by atoms with Gasteiger partial charge in [0.1, 0.15) is 6.54 Å². The van der Waals surface area contributed by atoms with Gasteiger partial charge in [-0.2, -0.15) is 0 Å². The maximum atomic E-state index is 12.6. The molecule has 0 radical (unpaired) electrons. The molecule has 1 amide bonds. The molecule has 1 heterocycles. The number of carbonyl (C=O) groups is 1. The summed E-state index contributed by atoms with van der Waals surface area (Å²) in [4.78, 5) is 13.8. The molecule has 3 rings (SSSR count). The van der Waals surface area contributed by atoms with Crippen LogP contribution in [0, 0.1) is 0 Å². The zero-order valence-electron chi connectivity index (χ0n) is 12.9. The third-order valence-electron chi connectivity index (χ3n) is 4.47. The highest BCUT2D eigenvalue weighted by Gasteiger charge is 2.29. The van der Waals surface area contributed by atoms with Crippen LogP contribution in [0.2, 0.25) is 10.0 Å². The number of amides is 1. The SMILES string of the molecule is C[C@@H](C(=O)Nc1cccc(Cl)c1Cl)[NH+]1CCc2ccccc2C1. The van der Waals surface area contributed by atoms with Crippen molar-refractivity contribution >= 4 is 34.8 Å². The van der Waals surface area contributed by atoms with Gasteiger partial charge >= 0.3 is 0 Å². The van der Waals surface area contributed by atoms with E-state index < -0.39 is 0 Å². The Hall–Kier alpha value is -1.55. The van der Waals surface area contributed by atoms with E-state index in [2.05, 4.69) is 29.6 Å². The summed E-state index contributed by atoms with van der Waals surface area (Å²) in [6.45, 7) is 3.78. The second-order valence-corrected chi connectivity index (χ2v) is 6.70. The molecule has 23 heavy (non-hydrogen) atoms. The number of carbonyl (C=O) groups excluding carboxylic acids is 1. The van der Waals surface area contributed by atoms with Gasteiger partial charge in [0.2, 0.25) is 0 Å². The van der Waals surface area contributed by atoms with Crippen molar-refractivity contribution < 1.29 is 9.69 Å². The second kappa shape index (κ2) is 6.91.